The summed E-state index contributed by atoms with van der Waals surface area (Å²) in [6.07, 6.45) is 9.62. The lowest BCUT2D eigenvalue weighted by Gasteiger charge is -2.33. The normalized spacial score (nSPS) is 31.7. The van der Waals surface area contributed by atoms with Crippen molar-refractivity contribution >= 4 is 5.97 Å². The average Bonchev–Trinajstić information content (AvgIpc) is 3.07. The zero-order valence-corrected chi connectivity index (χ0v) is 13.8. The summed E-state index contributed by atoms with van der Waals surface area (Å²) in [4.78, 5) is 12.6. The van der Waals surface area contributed by atoms with Gasteiger partial charge in [-0.15, -0.1) is 0 Å². The third-order valence-corrected chi connectivity index (χ3v) is 5.90. The van der Waals surface area contributed by atoms with Crippen LogP contribution in [0.1, 0.15) is 79.1 Å². The standard InChI is InChI=1S/C18H32O2/c1-5-13-11-14(6-2)16(12-13)17(19)20-18(3,4)15-9-7-8-10-15/h13-16H,5-12H2,1-4H3. The van der Waals surface area contributed by atoms with Crippen molar-refractivity contribution in [3.8, 4) is 0 Å². The first kappa shape index (κ1) is 15.9. The van der Waals surface area contributed by atoms with Gasteiger partial charge in [-0.05, 0) is 57.3 Å². The van der Waals surface area contributed by atoms with E-state index in [9.17, 15) is 4.79 Å². The molecule has 0 saturated heterocycles. The fourth-order valence-electron chi connectivity index (χ4n) is 4.35. The summed E-state index contributed by atoms with van der Waals surface area (Å²) in [5.74, 6) is 2.09. The van der Waals surface area contributed by atoms with Crippen LogP contribution in [0.4, 0.5) is 0 Å². The molecular weight excluding hydrogens is 248 g/mol. The van der Waals surface area contributed by atoms with Gasteiger partial charge in [0.1, 0.15) is 5.60 Å². The van der Waals surface area contributed by atoms with Gasteiger partial charge in [-0.25, -0.2) is 0 Å². The molecule has 2 aliphatic rings. The lowest BCUT2D eigenvalue weighted by molar-refractivity contribution is -0.168. The Labute approximate surface area is 124 Å². The summed E-state index contributed by atoms with van der Waals surface area (Å²) in [6, 6.07) is 0. The molecule has 20 heavy (non-hydrogen) atoms. The summed E-state index contributed by atoms with van der Waals surface area (Å²) in [6.45, 7) is 8.70. The van der Waals surface area contributed by atoms with Crippen LogP contribution in [-0.2, 0) is 9.53 Å². The van der Waals surface area contributed by atoms with Gasteiger partial charge >= 0.3 is 5.97 Å². The highest BCUT2D eigenvalue weighted by molar-refractivity contribution is 5.73. The lowest BCUT2D eigenvalue weighted by Crippen LogP contribution is -2.38. The van der Waals surface area contributed by atoms with Crippen molar-refractivity contribution in [1.29, 1.82) is 0 Å². The van der Waals surface area contributed by atoms with Gasteiger partial charge in [-0.2, -0.15) is 0 Å². The number of carbonyl (C=O) groups excluding carboxylic acids is 1. The van der Waals surface area contributed by atoms with Crippen LogP contribution in [0.15, 0.2) is 0 Å². The van der Waals surface area contributed by atoms with Gasteiger partial charge in [-0.1, -0.05) is 39.5 Å². The molecule has 2 nitrogen and oxygen atoms in total. The molecule has 116 valence electrons. The van der Waals surface area contributed by atoms with Crippen molar-refractivity contribution in [3.05, 3.63) is 0 Å². The van der Waals surface area contributed by atoms with E-state index >= 15 is 0 Å². The Morgan fingerprint density at radius 1 is 1.10 bits per heavy atom. The molecule has 2 fully saturated rings. The minimum Gasteiger partial charge on any atom is -0.459 e. The molecule has 0 aromatic rings. The second kappa shape index (κ2) is 6.49. The number of hydrogen-bond donors (Lipinski definition) is 0. The van der Waals surface area contributed by atoms with Crippen LogP contribution >= 0.6 is 0 Å². The monoisotopic (exact) mass is 280 g/mol. The Bertz CT molecular complexity index is 328. The van der Waals surface area contributed by atoms with Crippen molar-refractivity contribution in [2.24, 2.45) is 23.7 Å². The minimum atomic E-state index is -0.268. The van der Waals surface area contributed by atoms with E-state index in [0.717, 1.165) is 18.8 Å². The summed E-state index contributed by atoms with van der Waals surface area (Å²) >= 11 is 0. The molecule has 2 rings (SSSR count). The second-order valence-electron chi connectivity index (χ2n) is 7.53. The number of esters is 1. The highest BCUT2D eigenvalue weighted by atomic mass is 16.6. The topological polar surface area (TPSA) is 26.3 Å². The molecule has 2 heteroatoms. The van der Waals surface area contributed by atoms with E-state index < -0.39 is 0 Å². The predicted molar refractivity (Wildman–Crippen MR) is 82.4 cm³/mol. The van der Waals surface area contributed by atoms with E-state index in [2.05, 4.69) is 27.7 Å². The van der Waals surface area contributed by atoms with Gasteiger partial charge in [0, 0.05) is 0 Å². The Morgan fingerprint density at radius 3 is 2.30 bits per heavy atom. The Balaban J connectivity index is 1.96. The molecule has 0 spiro atoms. The van der Waals surface area contributed by atoms with E-state index in [4.69, 9.17) is 4.74 Å². The minimum absolute atomic E-state index is 0.0877. The highest BCUT2D eigenvalue weighted by Crippen LogP contribution is 2.42. The van der Waals surface area contributed by atoms with Gasteiger partial charge < -0.3 is 4.74 Å². The third kappa shape index (κ3) is 3.38. The second-order valence-corrected chi connectivity index (χ2v) is 7.53. The lowest BCUT2D eigenvalue weighted by atomic mass is 9.88. The first-order valence-electron chi connectivity index (χ1n) is 8.70. The molecule has 3 unspecified atom stereocenters. The fourth-order valence-corrected chi connectivity index (χ4v) is 4.35. The zero-order chi connectivity index (χ0) is 14.8. The molecular formula is C18H32O2. The van der Waals surface area contributed by atoms with Gasteiger partial charge in [-0.3, -0.25) is 4.79 Å². The van der Waals surface area contributed by atoms with Crippen molar-refractivity contribution in [3.63, 3.8) is 0 Å². The van der Waals surface area contributed by atoms with Gasteiger partial charge in [0.2, 0.25) is 0 Å². The van der Waals surface area contributed by atoms with E-state index in [1.54, 1.807) is 0 Å². The molecule has 3 atom stereocenters. The van der Waals surface area contributed by atoms with Crippen LogP contribution in [0.2, 0.25) is 0 Å². The molecule has 0 radical (unpaired) electrons. The van der Waals surface area contributed by atoms with Crippen molar-refractivity contribution in [1.82, 2.24) is 0 Å². The molecule has 0 heterocycles. The number of ether oxygens (including phenoxy) is 1. The van der Waals surface area contributed by atoms with Crippen LogP contribution in [-0.4, -0.2) is 11.6 Å². The maximum atomic E-state index is 12.6. The van der Waals surface area contributed by atoms with Crippen LogP contribution < -0.4 is 0 Å². The number of hydrogen-bond acceptors (Lipinski definition) is 2. The zero-order valence-electron chi connectivity index (χ0n) is 13.8. The molecule has 0 aromatic carbocycles. The highest BCUT2D eigenvalue weighted by Gasteiger charge is 2.42. The van der Waals surface area contributed by atoms with Gasteiger partial charge in [0.05, 0.1) is 5.92 Å². The van der Waals surface area contributed by atoms with E-state index in [-0.39, 0.29) is 17.5 Å². The van der Waals surface area contributed by atoms with E-state index in [1.165, 1.54) is 38.5 Å². The van der Waals surface area contributed by atoms with Crippen molar-refractivity contribution in [2.75, 3.05) is 0 Å². The van der Waals surface area contributed by atoms with E-state index in [1.807, 2.05) is 0 Å². The first-order valence-corrected chi connectivity index (χ1v) is 8.70. The summed E-state index contributed by atoms with van der Waals surface area (Å²) in [5.41, 5.74) is -0.268. The Kier molecular flexibility index (Phi) is 5.14. The van der Waals surface area contributed by atoms with Crippen LogP contribution in [0.25, 0.3) is 0 Å². The SMILES string of the molecule is CCC1CC(CC)C(C(=O)OC(C)(C)C2CCCC2)C1. The van der Waals surface area contributed by atoms with Crippen LogP contribution in [0.5, 0.6) is 0 Å². The fraction of sp³-hybridized carbons (Fsp3) is 0.944. The number of carbonyl (C=O) groups is 1. The maximum absolute atomic E-state index is 12.6. The molecule has 2 saturated carbocycles. The Hall–Kier alpha value is -0.530. The Morgan fingerprint density at radius 2 is 1.75 bits per heavy atom. The molecule has 0 aliphatic heterocycles. The molecule has 0 N–H and O–H groups in total. The van der Waals surface area contributed by atoms with Crippen molar-refractivity contribution < 1.29 is 9.53 Å². The average molecular weight is 280 g/mol. The quantitative estimate of drug-likeness (QED) is 0.665. The van der Waals surface area contributed by atoms with Crippen LogP contribution in [0.3, 0.4) is 0 Å². The largest absolute Gasteiger partial charge is 0.459 e. The van der Waals surface area contributed by atoms with Gasteiger partial charge in [0.25, 0.3) is 0 Å². The molecule has 0 amide bonds. The molecule has 0 aromatic heterocycles. The van der Waals surface area contributed by atoms with Crippen LogP contribution in [0, 0.1) is 23.7 Å². The summed E-state index contributed by atoms with van der Waals surface area (Å²) in [7, 11) is 0. The summed E-state index contributed by atoms with van der Waals surface area (Å²) in [5, 5.41) is 0. The third-order valence-electron chi connectivity index (χ3n) is 5.90. The predicted octanol–water partition coefficient (Wildman–Crippen LogP) is 4.96. The summed E-state index contributed by atoms with van der Waals surface area (Å²) < 4.78 is 5.99. The molecule has 0 bridgehead atoms. The smallest absolute Gasteiger partial charge is 0.309 e. The maximum Gasteiger partial charge on any atom is 0.309 e. The number of rotatable bonds is 5. The van der Waals surface area contributed by atoms with Crippen molar-refractivity contribution in [2.45, 2.75) is 84.7 Å². The first-order chi connectivity index (χ1) is 9.47. The van der Waals surface area contributed by atoms with E-state index in [0.29, 0.717) is 11.8 Å². The molecule has 2 aliphatic carbocycles. The van der Waals surface area contributed by atoms with Gasteiger partial charge in [0.15, 0.2) is 0 Å².